The van der Waals surface area contributed by atoms with E-state index in [1.807, 2.05) is 0 Å². The third kappa shape index (κ3) is 5.10. The molecule has 1 aromatic carbocycles. The van der Waals surface area contributed by atoms with Crippen molar-refractivity contribution >= 4 is 33.8 Å². The van der Waals surface area contributed by atoms with Gasteiger partial charge in [-0.1, -0.05) is 17.4 Å². The van der Waals surface area contributed by atoms with Crippen molar-refractivity contribution in [3.05, 3.63) is 41.7 Å². The van der Waals surface area contributed by atoms with Gasteiger partial charge >= 0.3 is 0 Å². The lowest BCUT2D eigenvalue weighted by molar-refractivity contribution is -0.0137. The number of aromatic nitrogens is 3. The first kappa shape index (κ1) is 24.9. The van der Waals surface area contributed by atoms with Crippen LogP contribution in [0.3, 0.4) is 0 Å². The summed E-state index contributed by atoms with van der Waals surface area (Å²) in [5.41, 5.74) is 5.52. The van der Waals surface area contributed by atoms with Gasteiger partial charge in [-0.2, -0.15) is 5.10 Å². The molecule has 0 spiro atoms. The number of hydrogen-bond acceptors (Lipinski definition) is 7. The van der Waals surface area contributed by atoms with Gasteiger partial charge in [-0.05, 0) is 32.6 Å². The predicted molar refractivity (Wildman–Crippen MR) is 127 cm³/mol. The molecule has 0 bridgehead atoms. The minimum Gasteiger partial charge on any atom is -0.389 e. The topological polar surface area (TPSA) is 92.3 Å². The Bertz CT molecular complexity index is 1220. The van der Waals surface area contributed by atoms with Crippen LogP contribution in [-0.2, 0) is 7.05 Å². The monoisotopic (exact) mass is 511 g/mol. The molecule has 2 aromatic heterocycles. The minimum atomic E-state index is -2.95. The van der Waals surface area contributed by atoms with Gasteiger partial charge < -0.3 is 20.9 Å². The quantitative estimate of drug-likeness (QED) is 0.506. The summed E-state index contributed by atoms with van der Waals surface area (Å²) >= 11 is 0.768. The molecule has 0 saturated carbocycles. The van der Waals surface area contributed by atoms with Gasteiger partial charge in [-0.25, -0.2) is 22.5 Å². The van der Waals surface area contributed by atoms with Gasteiger partial charge in [0.1, 0.15) is 27.3 Å². The van der Waals surface area contributed by atoms with Crippen molar-refractivity contribution in [2.75, 3.05) is 43.1 Å². The van der Waals surface area contributed by atoms with Crippen LogP contribution in [0, 0.1) is 11.6 Å². The van der Waals surface area contributed by atoms with Crippen LogP contribution in [0.15, 0.2) is 24.4 Å². The Morgan fingerprint density at radius 3 is 2.63 bits per heavy atom. The first-order valence-electron chi connectivity index (χ1n) is 10.8. The summed E-state index contributed by atoms with van der Waals surface area (Å²) in [6.07, 6.45) is 1.57. The Morgan fingerprint density at radius 2 is 1.97 bits per heavy atom. The maximum atomic E-state index is 14.7. The van der Waals surface area contributed by atoms with Crippen molar-refractivity contribution in [1.29, 1.82) is 0 Å². The number of aryl methyl sites for hydroxylation is 1. The molecule has 1 atom stereocenters. The zero-order valence-corrected chi connectivity index (χ0v) is 20.2. The third-order valence-corrected chi connectivity index (χ3v) is 6.82. The lowest BCUT2D eigenvalue weighted by Crippen LogP contribution is -2.38. The number of rotatable bonds is 5. The Kier molecular flexibility index (Phi) is 6.73. The Morgan fingerprint density at radius 1 is 1.29 bits per heavy atom. The summed E-state index contributed by atoms with van der Waals surface area (Å²) < 4.78 is 59.2. The molecule has 3 aromatic rings. The number of hydrogen-bond donors (Lipinski definition) is 2. The van der Waals surface area contributed by atoms with E-state index in [-0.39, 0.29) is 39.4 Å². The molecule has 0 unspecified atom stereocenters. The van der Waals surface area contributed by atoms with Crippen molar-refractivity contribution in [3.8, 4) is 10.6 Å². The number of anilines is 3. The SMILES string of the molecule is CN(C)[C@@H]1CCN(c2c(NC(=O)c3nc(-c4c(F)cccc4F)sc3N)cnn2C)CC(F)(F)C1. The number of nitrogens with one attached hydrogen (secondary N) is 1. The van der Waals surface area contributed by atoms with Crippen LogP contribution in [0.25, 0.3) is 10.6 Å². The second-order valence-electron chi connectivity index (χ2n) is 8.68. The number of alkyl halides is 2. The average Bonchev–Trinajstić information content (AvgIpc) is 3.26. The molecule has 8 nitrogen and oxygen atoms in total. The lowest BCUT2D eigenvalue weighted by atomic mass is 10.1. The fourth-order valence-electron chi connectivity index (χ4n) is 4.18. The molecule has 1 aliphatic heterocycles. The number of carbonyl (C=O) groups is 1. The number of thiazole rings is 1. The van der Waals surface area contributed by atoms with Crippen LogP contribution < -0.4 is 16.0 Å². The highest BCUT2D eigenvalue weighted by molar-refractivity contribution is 7.19. The highest BCUT2D eigenvalue weighted by atomic mass is 32.1. The number of amides is 1. The van der Waals surface area contributed by atoms with Crippen LogP contribution in [0.4, 0.5) is 34.1 Å². The van der Waals surface area contributed by atoms with Crippen molar-refractivity contribution in [2.45, 2.75) is 24.8 Å². The molecular formula is C22H25F4N7OS. The molecule has 0 radical (unpaired) electrons. The van der Waals surface area contributed by atoms with Crippen LogP contribution in [-0.4, -0.2) is 64.7 Å². The van der Waals surface area contributed by atoms with Gasteiger partial charge in [0.15, 0.2) is 11.5 Å². The van der Waals surface area contributed by atoms with E-state index in [0.717, 1.165) is 23.5 Å². The second-order valence-corrected chi connectivity index (χ2v) is 9.71. The molecule has 1 aliphatic rings. The molecular weight excluding hydrogens is 486 g/mol. The maximum Gasteiger partial charge on any atom is 0.277 e. The highest BCUT2D eigenvalue weighted by Gasteiger charge is 2.40. The van der Waals surface area contributed by atoms with Gasteiger partial charge in [0.2, 0.25) is 0 Å². The molecule has 4 rings (SSSR count). The summed E-state index contributed by atoms with van der Waals surface area (Å²) in [5, 5.41) is 6.62. The Labute approximate surface area is 203 Å². The minimum absolute atomic E-state index is 0.0410. The summed E-state index contributed by atoms with van der Waals surface area (Å²) in [4.78, 5) is 20.3. The summed E-state index contributed by atoms with van der Waals surface area (Å²) in [6, 6.07) is 3.08. The fraction of sp³-hybridized carbons (Fsp3) is 0.409. The van der Waals surface area contributed by atoms with E-state index in [2.05, 4.69) is 15.4 Å². The van der Waals surface area contributed by atoms with Crippen LogP contribution in [0.5, 0.6) is 0 Å². The van der Waals surface area contributed by atoms with E-state index in [1.165, 1.54) is 21.8 Å². The molecule has 1 saturated heterocycles. The first-order valence-corrected chi connectivity index (χ1v) is 11.6. The van der Waals surface area contributed by atoms with Crippen molar-refractivity contribution in [1.82, 2.24) is 19.7 Å². The number of nitrogens with two attached hydrogens (primary N) is 1. The smallest absolute Gasteiger partial charge is 0.277 e. The third-order valence-electron chi connectivity index (χ3n) is 5.92. The number of carbonyl (C=O) groups excluding carboxylic acids is 1. The van der Waals surface area contributed by atoms with E-state index in [1.54, 1.807) is 26.0 Å². The molecule has 35 heavy (non-hydrogen) atoms. The largest absolute Gasteiger partial charge is 0.389 e. The molecule has 1 amide bonds. The van der Waals surface area contributed by atoms with E-state index in [9.17, 15) is 22.4 Å². The maximum absolute atomic E-state index is 14.7. The van der Waals surface area contributed by atoms with Gasteiger partial charge in [0.25, 0.3) is 11.8 Å². The zero-order chi connectivity index (χ0) is 25.5. The molecule has 0 aliphatic carbocycles. The Hall–Kier alpha value is -3.19. The fourth-order valence-corrected chi connectivity index (χ4v) is 5.05. The summed E-state index contributed by atoms with van der Waals surface area (Å²) in [7, 11) is 5.13. The standard InChI is InChI=1S/C22H25F4N7OS/c1-31(2)12-7-8-33(11-22(25,26)9-12)21-15(10-28-32(21)3)29-19(34)17-18(27)35-20(30-17)16-13(23)5-4-6-14(16)24/h4-6,10,12H,7-9,11,27H2,1-3H3,(H,29,34)/t12-/m1/s1. The first-order chi connectivity index (χ1) is 16.5. The molecule has 13 heteroatoms. The van der Waals surface area contributed by atoms with Gasteiger partial charge in [0, 0.05) is 26.1 Å². The average molecular weight is 512 g/mol. The highest BCUT2D eigenvalue weighted by Crippen LogP contribution is 2.36. The van der Waals surface area contributed by atoms with Crippen LogP contribution in [0.2, 0.25) is 0 Å². The molecule has 188 valence electrons. The predicted octanol–water partition coefficient (Wildman–Crippen LogP) is 3.82. The normalized spacial score (nSPS) is 18.1. The van der Waals surface area contributed by atoms with Crippen molar-refractivity contribution in [3.63, 3.8) is 0 Å². The van der Waals surface area contributed by atoms with E-state index in [4.69, 9.17) is 5.73 Å². The molecule has 3 N–H and O–H groups in total. The zero-order valence-electron chi connectivity index (χ0n) is 19.4. The second kappa shape index (κ2) is 9.46. The lowest BCUT2D eigenvalue weighted by Gasteiger charge is -2.27. The van der Waals surface area contributed by atoms with E-state index < -0.39 is 30.0 Å². The van der Waals surface area contributed by atoms with Gasteiger partial charge in [-0.3, -0.25) is 9.48 Å². The number of nitrogen functional groups attached to an aromatic ring is 1. The van der Waals surface area contributed by atoms with Crippen molar-refractivity contribution < 1.29 is 22.4 Å². The van der Waals surface area contributed by atoms with Crippen LogP contribution in [0.1, 0.15) is 23.3 Å². The molecule has 3 heterocycles. The van der Waals surface area contributed by atoms with Crippen molar-refractivity contribution in [2.24, 2.45) is 7.05 Å². The summed E-state index contributed by atoms with van der Waals surface area (Å²) in [6.45, 7) is -0.203. The summed E-state index contributed by atoms with van der Waals surface area (Å²) in [5.74, 6) is -5.05. The molecule has 1 fully saturated rings. The van der Waals surface area contributed by atoms with E-state index >= 15 is 0 Å². The Balaban J connectivity index is 1.60. The number of nitrogens with zero attached hydrogens (tertiary/aromatic N) is 5. The van der Waals surface area contributed by atoms with Gasteiger partial charge in [0.05, 0.1) is 18.3 Å². The van der Waals surface area contributed by atoms with Gasteiger partial charge in [-0.15, -0.1) is 0 Å². The number of benzene rings is 1. The number of halogens is 4. The van der Waals surface area contributed by atoms with E-state index in [0.29, 0.717) is 18.8 Å². The van der Waals surface area contributed by atoms with Crippen LogP contribution >= 0.6 is 11.3 Å².